The largest absolute Gasteiger partial charge is 0.462 e. The lowest BCUT2D eigenvalue weighted by atomic mass is 10.1. The van der Waals surface area contributed by atoms with Crippen LogP contribution in [0.1, 0.15) is 29.3 Å². The number of aldehydes is 1. The molecule has 1 rings (SSSR count). The fraction of sp³-hybridized carbons (Fsp3) is 0.333. The van der Waals surface area contributed by atoms with Crippen molar-refractivity contribution in [2.24, 2.45) is 0 Å². The van der Waals surface area contributed by atoms with Crippen LogP contribution < -0.4 is 0 Å². The Morgan fingerprint density at radius 3 is 2.78 bits per heavy atom. The second-order valence-electron chi connectivity index (χ2n) is 3.53. The summed E-state index contributed by atoms with van der Waals surface area (Å²) in [7, 11) is 0. The predicted molar refractivity (Wildman–Crippen MR) is 63.4 cm³/mol. The molecule has 0 amide bonds. The Bertz CT molecular complexity index is 470. The number of ether oxygens (including phenoxy) is 1. The van der Waals surface area contributed by atoms with Gasteiger partial charge < -0.3 is 9.53 Å². The van der Waals surface area contributed by atoms with Crippen LogP contribution in [-0.2, 0) is 16.0 Å². The number of nitrogens with zero attached hydrogens (tertiary/aromatic N) is 1. The molecule has 96 valence electrons. The summed E-state index contributed by atoms with van der Waals surface area (Å²) in [5.41, 5.74) is 0.323. The minimum atomic E-state index is -0.725. The highest BCUT2D eigenvalue weighted by Crippen LogP contribution is 2.21. The first-order chi connectivity index (χ1) is 8.60. The molecule has 18 heavy (non-hydrogen) atoms. The molecular formula is C12H13NO5. The van der Waals surface area contributed by atoms with Crippen molar-refractivity contribution in [2.45, 2.75) is 19.8 Å². The third-order valence-electron chi connectivity index (χ3n) is 2.30. The summed E-state index contributed by atoms with van der Waals surface area (Å²) in [5.74, 6) is -0.725. The Hall–Kier alpha value is -2.24. The molecule has 0 fully saturated rings. The van der Waals surface area contributed by atoms with Crippen molar-refractivity contribution in [2.75, 3.05) is 6.61 Å². The van der Waals surface area contributed by atoms with Gasteiger partial charge in [0.2, 0.25) is 0 Å². The molecule has 0 radical (unpaired) electrons. The maximum Gasteiger partial charge on any atom is 0.345 e. The first-order valence-corrected chi connectivity index (χ1v) is 5.48. The van der Waals surface area contributed by atoms with Gasteiger partial charge in [0, 0.05) is 12.5 Å². The molecule has 0 aliphatic carbocycles. The van der Waals surface area contributed by atoms with Crippen LogP contribution in [0, 0.1) is 10.1 Å². The van der Waals surface area contributed by atoms with E-state index < -0.39 is 10.9 Å². The van der Waals surface area contributed by atoms with E-state index in [0.717, 1.165) is 6.29 Å². The summed E-state index contributed by atoms with van der Waals surface area (Å²) >= 11 is 0. The lowest BCUT2D eigenvalue weighted by Crippen LogP contribution is -2.08. The van der Waals surface area contributed by atoms with Gasteiger partial charge in [-0.25, -0.2) is 4.79 Å². The molecule has 0 spiro atoms. The monoisotopic (exact) mass is 251 g/mol. The zero-order chi connectivity index (χ0) is 13.5. The van der Waals surface area contributed by atoms with Gasteiger partial charge in [-0.1, -0.05) is 6.07 Å². The summed E-state index contributed by atoms with van der Waals surface area (Å²) in [6.07, 6.45) is 1.50. The molecule has 6 heteroatoms. The number of esters is 1. The highest BCUT2D eigenvalue weighted by molar-refractivity contribution is 5.94. The van der Waals surface area contributed by atoms with E-state index in [2.05, 4.69) is 0 Å². The summed E-state index contributed by atoms with van der Waals surface area (Å²) in [4.78, 5) is 32.0. The van der Waals surface area contributed by atoms with Crippen molar-refractivity contribution < 1.29 is 19.2 Å². The second-order valence-corrected chi connectivity index (χ2v) is 3.53. The maximum atomic E-state index is 11.6. The fourth-order valence-corrected chi connectivity index (χ4v) is 1.50. The highest BCUT2D eigenvalue weighted by atomic mass is 16.6. The Kier molecular flexibility index (Phi) is 4.98. The minimum absolute atomic E-state index is 0.0785. The molecule has 0 N–H and O–H groups in total. The smallest absolute Gasteiger partial charge is 0.345 e. The van der Waals surface area contributed by atoms with Gasteiger partial charge in [0.15, 0.2) is 0 Å². The topological polar surface area (TPSA) is 86.5 Å². The first-order valence-electron chi connectivity index (χ1n) is 5.48. The fourth-order valence-electron chi connectivity index (χ4n) is 1.50. The summed E-state index contributed by atoms with van der Waals surface area (Å²) in [6, 6.07) is 4.19. The maximum absolute atomic E-state index is 11.6. The van der Waals surface area contributed by atoms with Crippen LogP contribution in [0.4, 0.5) is 5.69 Å². The number of rotatable bonds is 6. The van der Waals surface area contributed by atoms with E-state index in [-0.39, 0.29) is 17.9 Å². The van der Waals surface area contributed by atoms with Crippen molar-refractivity contribution in [3.05, 3.63) is 39.4 Å². The minimum Gasteiger partial charge on any atom is -0.462 e. The van der Waals surface area contributed by atoms with Crippen molar-refractivity contribution in [3.8, 4) is 0 Å². The first kappa shape index (κ1) is 13.8. The molecule has 0 saturated heterocycles. The van der Waals surface area contributed by atoms with Crippen LogP contribution in [0.5, 0.6) is 0 Å². The van der Waals surface area contributed by atoms with Crippen LogP contribution in [0.25, 0.3) is 0 Å². The third-order valence-corrected chi connectivity index (χ3v) is 2.30. The zero-order valence-electron chi connectivity index (χ0n) is 9.92. The van der Waals surface area contributed by atoms with Crippen LogP contribution in [0.15, 0.2) is 18.2 Å². The lowest BCUT2D eigenvalue weighted by molar-refractivity contribution is -0.385. The SMILES string of the molecule is CCOC(=O)c1cc(CCC=O)ccc1[N+](=O)[O-]. The summed E-state index contributed by atoms with van der Waals surface area (Å²) in [6.45, 7) is 1.77. The standard InChI is InChI=1S/C12H13NO5/c1-2-18-12(15)10-8-9(4-3-7-14)5-6-11(10)13(16)17/h5-8H,2-4H2,1H3. The molecule has 0 saturated carbocycles. The number of carbonyl (C=O) groups is 2. The summed E-state index contributed by atoms with van der Waals surface area (Å²) in [5, 5.41) is 10.8. The molecule has 0 atom stereocenters. The van der Waals surface area contributed by atoms with E-state index in [1.807, 2.05) is 0 Å². The number of aryl methyl sites for hydroxylation is 1. The molecule has 0 bridgehead atoms. The number of nitro groups is 1. The van der Waals surface area contributed by atoms with E-state index in [9.17, 15) is 19.7 Å². The predicted octanol–water partition coefficient (Wildman–Crippen LogP) is 1.90. The Morgan fingerprint density at radius 1 is 1.50 bits per heavy atom. The van der Waals surface area contributed by atoms with Gasteiger partial charge in [-0.05, 0) is 25.0 Å². The van der Waals surface area contributed by atoms with E-state index in [1.165, 1.54) is 18.2 Å². The number of benzene rings is 1. The average Bonchev–Trinajstić information content (AvgIpc) is 2.36. The second kappa shape index (κ2) is 6.48. The molecule has 1 aromatic rings. The Morgan fingerprint density at radius 2 is 2.22 bits per heavy atom. The van der Waals surface area contributed by atoms with Crippen molar-refractivity contribution in [1.82, 2.24) is 0 Å². The van der Waals surface area contributed by atoms with Gasteiger partial charge in [0.25, 0.3) is 5.69 Å². The lowest BCUT2D eigenvalue weighted by Gasteiger charge is -2.05. The van der Waals surface area contributed by atoms with Gasteiger partial charge in [-0.2, -0.15) is 0 Å². The van der Waals surface area contributed by atoms with E-state index in [4.69, 9.17) is 4.74 Å². The van der Waals surface area contributed by atoms with E-state index in [0.29, 0.717) is 18.4 Å². The molecule has 0 heterocycles. The molecule has 0 aromatic heterocycles. The van der Waals surface area contributed by atoms with Crippen LogP contribution in [0.3, 0.4) is 0 Å². The molecule has 0 aliphatic heterocycles. The van der Waals surface area contributed by atoms with Crippen molar-refractivity contribution in [1.29, 1.82) is 0 Å². The Labute approximate surface area is 104 Å². The molecule has 6 nitrogen and oxygen atoms in total. The zero-order valence-corrected chi connectivity index (χ0v) is 9.92. The average molecular weight is 251 g/mol. The highest BCUT2D eigenvalue weighted by Gasteiger charge is 2.21. The number of carbonyl (C=O) groups excluding carboxylic acids is 2. The molecular weight excluding hydrogens is 238 g/mol. The molecule has 0 unspecified atom stereocenters. The number of hydrogen-bond donors (Lipinski definition) is 0. The van der Waals surface area contributed by atoms with Crippen LogP contribution in [-0.4, -0.2) is 23.8 Å². The quantitative estimate of drug-likeness (QED) is 0.333. The van der Waals surface area contributed by atoms with Crippen LogP contribution in [0.2, 0.25) is 0 Å². The van der Waals surface area contributed by atoms with Gasteiger partial charge in [-0.3, -0.25) is 10.1 Å². The van der Waals surface area contributed by atoms with Gasteiger partial charge in [0.1, 0.15) is 11.8 Å². The van der Waals surface area contributed by atoms with E-state index >= 15 is 0 Å². The normalized spacial score (nSPS) is 9.83. The molecule has 1 aromatic carbocycles. The summed E-state index contributed by atoms with van der Waals surface area (Å²) < 4.78 is 4.77. The van der Waals surface area contributed by atoms with E-state index in [1.54, 1.807) is 6.92 Å². The third kappa shape index (κ3) is 3.38. The van der Waals surface area contributed by atoms with Crippen molar-refractivity contribution >= 4 is 17.9 Å². The van der Waals surface area contributed by atoms with Crippen molar-refractivity contribution in [3.63, 3.8) is 0 Å². The molecule has 0 aliphatic rings. The van der Waals surface area contributed by atoms with Crippen LogP contribution >= 0.6 is 0 Å². The number of nitro benzene ring substituents is 1. The van der Waals surface area contributed by atoms with Gasteiger partial charge >= 0.3 is 5.97 Å². The van der Waals surface area contributed by atoms with Gasteiger partial charge in [0.05, 0.1) is 11.5 Å². The number of hydrogen-bond acceptors (Lipinski definition) is 5. The van der Waals surface area contributed by atoms with Gasteiger partial charge in [-0.15, -0.1) is 0 Å². The Balaban J connectivity index is 3.10.